The SMILES string of the molecule is CN(O)C(=O)Nc1cccc(Br)c1. The molecule has 0 fully saturated rings. The molecule has 0 spiro atoms. The summed E-state index contributed by atoms with van der Waals surface area (Å²) in [5.74, 6) is 0. The molecule has 4 nitrogen and oxygen atoms in total. The summed E-state index contributed by atoms with van der Waals surface area (Å²) in [4.78, 5) is 11.0. The predicted molar refractivity (Wildman–Crippen MR) is 52.7 cm³/mol. The zero-order valence-corrected chi connectivity index (χ0v) is 8.58. The van der Waals surface area contributed by atoms with Crippen molar-refractivity contribution >= 4 is 27.6 Å². The first-order valence-corrected chi connectivity index (χ1v) is 4.38. The van der Waals surface area contributed by atoms with Crippen LogP contribution in [0, 0.1) is 0 Å². The Labute approximate surface area is 84.2 Å². The van der Waals surface area contributed by atoms with E-state index < -0.39 is 6.03 Å². The summed E-state index contributed by atoms with van der Waals surface area (Å²) in [5, 5.41) is 11.7. The molecule has 70 valence electrons. The van der Waals surface area contributed by atoms with Gasteiger partial charge < -0.3 is 5.32 Å². The second-order valence-corrected chi connectivity index (χ2v) is 3.38. The first-order chi connectivity index (χ1) is 6.09. The van der Waals surface area contributed by atoms with E-state index in [2.05, 4.69) is 21.2 Å². The average molecular weight is 245 g/mol. The summed E-state index contributed by atoms with van der Waals surface area (Å²) < 4.78 is 0.867. The minimum absolute atomic E-state index is 0.487. The van der Waals surface area contributed by atoms with Crippen LogP contribution < -0.4 is 5.32 Å². The van der Waals surface area contributed by atoms with Crippen molar-refractivity contribution in [1.82, 2.24) is 5.06 Å². The van der Waals surface area contributed by atoms with Gasteiger partial charge >= 0.3 is 6.03 Å². The van der Waals surface area contributed by atoms with Gasteiger partial charge in [-0.1, -0.05) is 22.0 Å². The molecule has 0 heterocycles. The van der Waals surface area contributed by atoms with Gasteiger partial charge in [-0.15, -0.1) is 0 Å². The lowest BCUT2D eigenvalue weighted by molar-refractivity contribution is -0.0118. The Hall–Kier alpha value is -1.07. The topological polar surface area (TPSA) is 52.6 Å². The van der Waals surface area contributed by atoms with E-state index >= 15 is 0 Å². The molecule has 0 aliphatic heterocycles. The van der Waals surface area contributed by atoms with Gasteiger partial charge in [-0.3, -0.25) is 5.21 Å². The molecule has 2 N–H and O–H groups in total. The van der Waals surface area contributed by atoms with E-state index in [1.807, 2.05) is 6.07 Å². The molecule has 1 aromatic rings. The van der Waals surface area contributed by atoms with Gasteiger partial charge in [-0.05, 0) is 18.2 Å². The number of hydroxylamine groups is 2. The lowest BCUT2D eigenvalue weighted by atomic mass is 10.3. The monoisotopic (exact) mass is 244 g/mol. The summed E-state index contributed by atoms with van der Waals surface area (Å²) in [5.41, 5.74) is 0.625. The highest BCUT2D eigenvalue weighted by Gasteiger charge is 2.04. The van der Waals surface area contributed by atoms with Gasteiger partial charge in [0.05, 0.1) is 0 Å². The first kappa shape index (κ1) is 10.0. The fourth-order valence-corrected chi connectivity index (χ4v) is 1.17. The minimum Gasteiger partial charge on any atom is -0.306 e. The number of anilines is 1. The molecule has 1 rings (SSSR count). The molecular formula is C8H9BrN2O2. The Kier molecular flexibility index (Phi) is 3.27. The molecule has 0 radical (unpaired) electrons. The fourth-order valence-electron chi connectivity index (χ4n) is 0.771. The van der Waals surface area contributed by atoms with Crippen molar-refractivity contribution in [3.8, 4) is 0 Å². The standard InChI is InChI=1S/C8H9BrN2O2/c1-11(13)8(12)10-7-4-2-3-6(9)5-7/h2-5,13H,1H3,(H,10,12). The minimum atomic E-state index is -0.571. The van der Waals surface area contributed by atoms with E-state index in [0.717, 1.165) is 4.47 Å². The van der Waals surface area contributed by atoms with Crippen molar-refractivity contribution in [2.24, 2.45) is 0 Å². The maximum atomic E-state index is 11.0. The maximum absolute atomic E-state index is 11.0. The second kappa shape index (κ2) is 4.25. The van der Waals surface area contributed by atoms with E-state index in [1.54, 1.807) is 18.2 Å². The van der Waals surface area contributed by atoms with E-state index in [4.69, 9.17) is 5.21 Å². The number of rotatable bonds is 1. The van der Waals surface area contributed by atoms with Gasteiger partial charge in [0.2, 0.25) is 0 Å². The van der Waals surface area contributed by atoms with Crippen LogP contribution >= 0.6 is 15.9 Å². The molecule has 0 bridgehead atoms. The quantitative estimate of drug-likeness (QED) is 0.589. The lowest BCUT2D eigenvalue weighted by Gasteiger charge is -2.09. The van der Waals surface area contributed by atoms with Gasteiger partial charge in [0.15, 0.2) is 0 Å². The zero-order valence-electron chi connectivity index (χ0n) is 6.99. The smallest absolute Gasteiger partial charge is 0.306 e. The predicted octanol–water partition coefficient (Wildman–Crippen LogP) is 2.30. The molecular weight excluding hydrogens is 236 g/mol. The van der Waals surface area contributed by atoms with Crippen molar-refractivity contribution in [2.45, 2.75) is 0 Å². The number of nitrogens with zero attached hydrogens (tertiary/aromatic N) is 1. The fraction of sp³-hybridized carbons (Fsp3) is 0.125. The van der Waals surface area contributed by atoms with Crippen LogP contribution in [0.25, 0.3) is 0 Å². The third-order valence-corrected chi connectivity index (χ3v) is 1.86. The molecule has 2 amide bonds. The lowest BCUT2D eigenvalue weighted by Crippen LogP contribution is -2.27. The molecule has 5 heteroatoms. The molecule has 0 aliphatic rings. The maximum Gasteiger partial charge on any atom is 0.345 e. The molecule has 0 atom stereocenters. The third kappa shape index (κ3) is 3.04. The van der Waals surface area contributed by atoms with Crippen molar-refractivity contribution in [1.29, 1.82) is 0 Å². The summed E-state index contributed by atoms with van der Waals surface area (Å²) in [6, 6.07) is 6.53. The van der Waals surface area contributed by atoms with Crippen molar-refractivity contribution < 1.29 is 10.0 Å². The van der Waals surface area contributed by atoms with Crippen LogP contribution in [-0.2, 0) is 0 Å². The van der Waals surface area contributed by atoms with E-state index in [1.165, 1.54) is 7.05 Å². The van der Waals surface area contributed by atoms with Gasteiger partial charge in [0.1, 0.15) is 0 Å². The van der Waals surface area contributed by atoms with Crippen molar-refractivity contribution in [2.75, 3.05) is 12.4 Å². The number of nitrogens with one attached hydrogen (secondary N) is 1. The van der Waals surface area contributed by atoms with E-state index in [0.29, 0.717) is 10.8 Å². The molecule has 0 aromatic heterocycles. The highest BCUT2D eigenvalue weighted by Crippen LogP contribution is 2.15. The number of carbonyl (C=O) groups excluding carboxylic acids is 1. The van der Waals surface area contributed by atoms with Crippen LogP contribution in [0.2, 0.25) is 0 Å². The van der Waals surface area contributed by atoms with Crippen molar-refractivity contribution in [3.05, 3.63) is 28.7 Å². The highest BCUT2D eigenvalue weighted by molar-refractivity contribution is 9.10. The number of amides is 2. The Bertz CT molecular complexity index is 315. The first-order valence-electron chi connectivity index (χ1n) is 3.59. The summed E-state index contributed by atoms with van der Waals surface area (Å²) >= 11 is 3.26. The normalized spacial score (nSPS) is 9.46. The molecule has 0 saturated heterocycles. The highest BCUT2D eigenvalue weighted by atomic mass is 79.9. The Morgan fingerprint density at radius 2 is 2.31 bits per heavy atom. The Balaban J connectivity index is 2.69. The molecule has 0 saturated carbocycles. The molecule has 1 aromatic carbocycles. The molecule has 13 heavy (non-hydrogen) atoms. The van der Waals surface area contributed by atoms with Gasteiger partial charge in [0.25, 0.3) is 0 Å². The average Bonchev–Trinajstić information content (AvgIpc) is 2.04. The molecule has 0 aliphatic carbocycles. The number of carbonyl (C=O) groups is 1. The number of hydrogen-bond donors (Lipinski definition) is 2. The van der Waals surface area contributed by atoms with E-state index in [-0.39, 0.29) is 0 Å². The van der Waals surface area contributed by atoms with Crippen LogP contribution in [0.15, 0.2) is 28.7 Å². The second-order valence-electron chi connectivity index (χ2n) is 2.46. The number of urea groups is 1. The van der Waals surface area contributed by atoms with Crippen LogP contribution in [-0.4, -0.2) is 23.3 Å². The van der Waals surface area contributed by atoms with Crippen molar-refractivity contribution in [3.63, 3.8) is 0 Å². The van der Waals surface area contributed by atoms with Gasteiger partial charge in [0, 0.05) is 17.2 Å². The number of halogens is 1. The van der Waals surface area contributed by atoms with Crippen LogP contribution in [0.4, 0.5) is 10.5 Å². The number of hydrogen-bond acceptors (Lipinski definition) is 2. The van der Waals surface area contributed by atoms with E-state index in [9.17, 15) is 4.79 Å². The largest absolute Gasteiger partial charge is 0.345 e. The number of benzene rings is 1. The Morgan fingerprint density at radius 3 is 2.85 bits per heavy atom. The molecule has 0 unspecified atom stereocenters. The van der Waals surface area contributed by atoms with Crippen LogP contribution in [0.5, 0.6) is 0 Å². The summed E-state index contributed by atoms with van der Waals surface area (Å²) in [6.07, 6.45) is 0. The van der Waals surface area contributed by atoms with Crippen LogP contribution in [0.3, 0.4) is 0 Å². The third-order valence-electron chi connectivity index (χ3n) is 1.37. The summed E-state index contributed by atoms with van der Waals surface area (Å²) in [6.45, 7) is 0. The Morgan fingerprint density at radius 1 is 1.62 bits per heavy atom. The van der Waals surface area contributed by atoms with Gasteiger partial charge in [-0.25, -0.2) is 9.86 Å². The summed E-state index contributed by atoms with van der Waals surface area (Å²) in [7, 11) is 1.26. The zero-order chi connectivity index (χ0) is 9.84. The van der Waals surface area contributed by atoms with Crippen LogP contribution in [0.1, 0.15) is 0 Å². The van der Waals surface area contributed by atoms with Gasteiger partial charge in [-0.2, -0.15) is 0 Å².